The largest absolute Gasteiger partial charge is 0.300 e. The van der Waals surface area contributed by atoms with E-state index in [0.717, 1.165) is 32.1 Å². The molecule has 98 valence electrons. The molecule has 1 heteroatoms. The van der Waals surface area contributed by atoms with Crippen molar-refractivity contribution in [1.82, 2.24) is 0 Å². The lowest BCUT2D eigenvalue weighted by Crippen LogP contribution is -2.32. The van der Waals surface area contributed by atoms with Crippen LogP contribution in [-0.2, 0) is 11.2 Å². The van der Waals surface area contributed by atoms with Crippen molar-refractivity contribution < 1.29 is 4.79 Å². The number of Topliss-reactive ketones (excluding diaryl/α,β-unsaturated/α-hetero) is 1. The molecule has 0 amide bonds. The van der Waals surface area contributed by atoms with Gasteiger partial charge in [0.1, 0.15) is 5.78 Å². The lowest BCUT2D eigenvalue weighted by Gasteiger charge is -2.38. The monoisotopic (exact) mass is 244 g/mol. The first-order chi connectivity index (χ1) is 8.47. The van der Waals surface area contributed by atoms with E-state index in [1.165, 1.54) is 11.1 Å². The SMILES string of the molecule is Cc1ccc(CC[C@@H]2CC(=O)CCC2(C)C)cc1. The van der Waals surface area contributed by atoms with E-state index >= 15 is 0 Å². The molecule has 1 aromatic carbocycles. The number of carbonyl (C=O) groups excluding carboxylic acids is 1. The summed E-state index contributed by atoms with van der Waals surface area (Å²) in [6.45, 7) is 6.76. The van der Waals surface area contributed by atoms with Crippen molar-refractivity contribution in [3.63, 3.8) is 0 Å². The van der Waals surface area contributed by atoms with E-state index in [4.69, 9.17) is 0 Å². The molecule has 0 spiro atoms. The Balaban J connectivity index is 1.96. The summed E-state index contributed by atoms with van der Waals surface area (Å²) in [7, 11) is 0. The van der Waals surface area contributed by atoms with Crippen molar-refractivity contribution in [1.29, 1.82) is 0 Å². The molecule has 0 aromatic heterocycles. The Hall–Kier alpha value is -1.11. The molecular formula is C17H24O. The molecule has 0 unspecified atom stereocenters. The molecule has 1 atom stereocenters. The second kappa shape index (κ2) is 5.26. The smallest absolute Gasteiger partial charge is 0.133 e. The standard InChI is InChI=1S/C17H24O/c1-13-4-6-14(7-5-13)8-9-15-12-16(18)10-11-17(15,2)3/h4-7,15H,8-12H2,1-3H3/t15-/m1/s1. The maximum absolute atomic E-state index is 11.6. The second-order valence-corrected chi connectivity index (χ2v) is 6.45. The molecule has 0 heterocycles. The summed E-state index contributed by atoms with van der Waals surface area (Å²) in [5.41, 5.74) is 3.04. The van der Waals surface area contributed by atoms with Gasteiger partial charge in [-0.25, -0.2) is 0 Å². The summed E-state index contributed by atoms with van der Waals surface area (Å²) in [5.74, 6) is 1.02. The maximum atomic E-state index is 11.6. The van der Waals surface area contributed by atoms with Crippen LogP contribution >= 0.6 is 0 Å². The maximum Gasteiger partial charge on any atom is 0.133 e. The van der Waals surface area contributed by atoms with Gasteiger partial charge in [0, 0.05) is 12.8 Å². The Morgan fingerprint density at radius 3 is 2.56 bits per heavy atom. The quantitative estimate of drug-likeness (QED) is 0.773. The average Bonchev–Trinajstić information content (AvgIpc) is 2.33. The summed E-state index contributed by atoms with van der Waals surface area (Å²) < 4.78 is 0. The number of benzene rings is 1. The van der Waals surface area contributed by atoms with Gasteiger partial charge in [-0.3, -0.25) is 4.79 Å². The number of aryl methyl sites for hydroxylation is 2. The normalized spacial score (nSPS) is 23.1. The molecule has 0 aliphatic heterocycles. The molecule has 1 nitrogen and oxygen atoms in total. The zero-order valence-corrected chi connectivity index (χ0v) is 11.8. The van der Waals surface area contributed by atoms with Crippen LogP contribution in [0.4, 0.5) is 0 Å². The highest BCUT2D eigenvalue weighted by Crippen LogP contribution is 2.41. The van der Waals surface area contributed by atoms with Crippen LogP contribution in [0.1, 0.15) is 50.7 Å². The Kier molecular flexibility index (Phi) is 3.89. The van der Waals surface area contributed by atoms with Crippen molar-refractivity contribution in [2.24, 2.45) is 11.3 Å². The molecule has 0 bridgehead atoms. The average molecular weight is 244 g/mol. The van der Waals surface area contributed by atoms with E-state index in [0.29, 0.717) is 17.1 Å². The van der Waals surface area contributed by atoms with Gasteiger partial charge in [-0.2, -0.15) is 0 Å². The third-order valence-corrected chi connectivity index (χ3v) is 4.53. The van der Waals surface area contributed by atoms with Gasteiger partial charge in [-0.1, -0.05) is 43.7 Å². The lowest BCUT2D eigenvalue weighted by atomic mass is 9.66. The van der Waals surface area contributed by atoms with E-state index in [2.05, 4.69) is 45.0 Å². The molecule has 1 aliphatic carbocycles. The van der Waals surface area contributed by atoms with Crippen molar-refractivity contribution in [3.05, 3.63) is 35.4 Å². The minimum absolute atomic E-state index is 0.332. The molecule has 1 aromatic rings. The zero-order valence-electron chi connectivity index (χ0n) is 11.8. The van der Waals surface area contributed by atoms with Gasteiger partial charge in [0.2, 0.25) is 0 Å². The fourth-order valence-corrected chi connectivity index (χ4v) is 2.91. The minimum atomic E-state index is 0.332. The van der Waals surface area contributed by atoms with Crippen molar-refractivity contribution in [2.45, 2.75) is 52.9 Å². The molecule has 1 saturated carbocycles. The number of hydrogen-bond acceptors (Lipinski definition) is 1. The van der Waals surface area contributed by atoms with Crippen LogP contribution in [0.5, 0.6) is 0 Å². The van der Waals surface area contributed by atoms with Gasteiger partial charge in [-0.15, -0.1) is 0 Å². The first kappa shape index (κ1) is 13.3. The van der Waals surface area contributed by atoms with Crippen molar-refractivity contribution in [2.75, 3.05) is 0 Å². The third kappa shape index (κ3) is 3.22. The van der Waals surface area contributed by atoms with E-state index in [1.807, 2.05) is 0 Å². The van der Waals surface area contributed by atoms with E-state index in [9.17, 15) is 4.79 Å². The molecule has 0 radical (unpaired) electrons. The zero-order chi connectivity index (χ0) is 13.2. The fraction of sp³-hybridized carbons (Fsp3) is 0.588. The summed E-state index contributed by atoms with van der Waals surface area (Å²) in [6, 6.07) is 8.78. The van der Waals surface area contributed by atoms with Crippen LogP contribution in [0.3, 0.4) is 0 Å². The minimum Gasteiger partial charge on any atom is -0.300 e. The Labute approximate surface area is 111 Å². The van der Waals surface area contributed by atoms with Crippen molar-refractivity contribution in [3.8, 4) is 0 Å². The molecule has 0 saturated heterocycles. The van der Waals surface area contributed by atoms with Gasteiger partial charge in [0.25, 0.3) is 0 Å². The molecule has 1 fully saturated rings. The number of rotatable bonds is 3. The van der Waals surface area contributed by atoms with Crippen LogP contribution in [-0.4, -0.2) is 5.78 Å². The van der Waals surface area contributed by atoms with E-state index in [-0.39, 0.29) is 0 Å². The van der Waals surface area contributed by atoms with Gasteiger partial charge in [0.05, 0.1) is 0 Å². The van der Waals surface area contributed by atoms with Crippen molar-refractivity contribution >= 4 is 5.78 Å². The highest BCUT2D eigenvalue weighted by Gasteiger charge is 2.34. The van der Waals surface area contributed by atoms with Crippen LogP contribution in [0.15, 0.2) is 24.3 Å². The predicted octanol–water partition coefficient (Wildman–Crippen LogP) is 4.32. The number of carbonyl (C=O) groups is 1. The Bertz CT molecular complexity index is 414. The summed E-state index contributed by atoms with van der Waals surface area (Å²) in [6.07, 6.45) is 4.88. The summed E-state index contributed by atoms with van der Waals surface area (Å²) >= 11 is 0. The Morgan fingerprint density at radius 2 is 1.89 bits per heavy atom. The molecule has 0 N–H and O–H groups in total. The first-order valence-electron chi connectivity index (χ1n) is 7.04. The summed E-state index contributed by atoms with van der Waals surface area (Å²) in [4.78, 5) is 11.6. The predicted molar refractivity (Wildman–Crippen MR) is 75.6 cm³/mol. The number of ketones is 1. The van der Waals surface area contributed by atoms with Gasteiger partial charge >= 0.3 is 0 Å². The molecule has 1 aliphatic rings. The third-order valence-electron chi connectivity index (χ3n) is 4.53. The van der Waals surface area contributed by atoms with E-state index < -0.39 is 0 Å². The lowest BCUT2D eigenvalue weighted by molar-refractivity contribution is -0.124. The number of hydrogen-bond donors (Lipinski definition) is 0. The van der Waals surface area contributed by atoms with Crippen LogP contribution in [0.2, 0.25) is 0 Å². The van der Waals surface area contributed by atoms with Gasteiger partial charge in [-0.05, 0) is 43.1 Å². The van der Waals surface area contributed by atoms with Gasteiger partial charge < -0.3 is 0 Å². The van der Waals surface area contributed by atoms with E-state index in [1.54, 1.807) is 0 Å². The topological polar surface area (TPSA) is 17.1 Å². The van der Waals surface area contributed by atoms with Crippen LogP contribution in [0.25, 0.3) is 0 Å². The highest BCUT2D eigenvalue weighted by molar-refractivity contribution is 5.79. The van der Waals surface area contributed by atoms with Crippen LogP contribution in [0, 0.1) is 18.3 Å². The van der Waals surface area contributed by atoms with Crippen LogP contribution < -0.4 is 0 Å². The summed E-state index contributed by atoms with van der Waals surface area (Å²) in [5, 5.41) is 0. The van der Waals surface area contributed by atoms with Gasteiger partial charge in [0.15, 0.2) is 0 Å². The molecule has 2 rings (SSSR count). The Morgan fingerprint density at radius 1 is 1.22 bits per heavy atom. The molecular weight excluding hydrogens is 220 g/mol. The fourth-order valence-electron chi connectivity index (χ4n) is 2.91. The second-order valence-electron chi connectivity index (χ2n) is 6.45. The highest BCUT2D eigenvalue weighted by atomic mass is 16.1. The molecule has 18 heavy (non-hydrogen) atoms. The first-order valence-corrected chi connectivity index (χ1v) is 7.04.